The Balaban J connectivity index is 1.16. The smallest absolute Gasteiger partial charge is 0.252 e. The summed E-state index contributed by atoms with van der Waals surface area (Å²) in [5.41, 5.74) is 30.7. The van der Waals surface area contributed by atoms with Crippen molar-refractivity contribution in [3.8, 4) is 22.3 Å². The molecule has 2 atom stereocenters. The Morgan fingerprint density at radius 2 is 0.917 bits per heavy atom. The van der Waals surface area contributed by atoms with E-state index in [9.17, 15) is 0 Å². The lowest BCUT2D eigenvalue weighted by molar-refractivity contribution is 0.195. The molecule has 0 saturated heterocycles. The summed E-state index contributed by atoms with van der Waals surface area (Å²) >= 11 is 0. The van der Waals surface area contributed by atoms with Crippen molar-refractivity contribution in [2.75, 3.05) is 14.7 Å². The fraction of sp³-hybridized carbons (Fsp3) is 0.400. The Morgan fingerprint density at radius 3 is 1.56 bits per heavy atom. The van der Waals surface area contributed by atoms with Crippen LogP contribution in [0.1, 0.15) is 200 Å². The quantitative estimate of drug-likeness (QED) is 0.159. The van der Waals surface area contributed by atoms with Gasteiger partial charge in [0.25, 0.3) is 6.71 Å². The molecule has 1 saturated carbocycles. The Kier molecular flexibility index (Phi) is 11.9. The molecule has 3 nitrogen and oxygen atoms in total. The molecule has 2 unspecified atom stereocenters. The van der Waals surface area contributed by atoms with Crippen LogP contribution in [0.15, 0.2) is 152 Å². The largest absolute Gasteiger partial charge is 0.334 e. The first-order chi connectivity index (χ1) is 39.5. The monoisotopic (exact) mass is 1100 g/mol. The number of benzene rings is 8. The zero-order chi connectivity index (χ0) is 59.2. The summed E-state index contributed by atoms with van der Waals surface area (Å²) in [5, 5.41) is 0. The predicted molar refractivity (Wildman–Crippen MR) is 362 cm³/mol. The molecule has 84 heavy (non-hydrogen) atoms. The van der Waals surface area contributed by atoms with E-state index < -0.39 is 0 Å². The minimum atomic E-state index is -0.200. The second-order valence-electron chi connectivity index (χ2n) is 32.0. The van der Waals surface area contributed by atoms with Crippen molar-refractivity contribution in [3.63, 3.8) is 0 Å². The number of anilines is 8. The van der Waals surface area contributed by atoms with Crippen LogP contribution in [-0.4, -0.2) is 12.3 Å². The number of rotatable bonds is 5. The highest BCUT2D eigenvalue weighted by molar-refractivity contribution is 7.00. The van der Waals surface area contributed by atoms with Crippen LogP contribution in [0, 0.1) is 6.92 Å². The summed E-state index contributed by atoms with van der Waals surface area (Å²) in [6.45, 7) is 41.9. The molecular weight excluding hydrogens is 1010 g/mol. The number of fused-ring (bicyclic) bond motifs is 9. The zero-order valence-corrected chi connectivity index (χ0v) is 53.8. The van der Waals surface area contributed by atoms with Gasteiger partial charge in [0.2, 0.25) is 0 Å². The minimum absolute atomic E-state index is 0.00851. The van der Waals surface area contributed by atoms with Crippen molar-refractivity contribution in [1.82, 2.24) is 0 Å². The van der Waals surface area contributed by atoms with Gasteiger partial charge in [-0.15, -0.1) is 0 Å². The van der Waals surface area contributed by atoms with Crippen LogP contribution < -0.4 is 31.1 Å². The minimum Gasteiger partial charge on any atom is -0.334 e. The Morgan fingerprint density at radius 1 is 0.393 bits per heavy atom. The van der Waals surface area contributed by atoms with Gasteiger partial charge in [0.1, 0.15) is 0 Å². The average molecular weight is 1100 g/mol. The average Bonchev–Trinajstić information content (AvgIpc) is 1.12. The van der Waals surface area contributed by atoms with Gasteiger partial charge in [-0.2, -0.15) is 0 Å². The molecule has 0 aromatic heterocycles. The molecule has 428 valence electrons. The third-order valence-corrected chi connectivity index (χ3v) is 22.5. The van der Waals surface area contributed by atoms with Crippen molar-refractivity contribution in [1.29, 1.82) is 0 Å². The summed E-state index contributed by atoms with van der Waals surface area (Å²) in [6, 6.07) is 61.0. The molecule has 1 fully saturated rings. The maximum atomic E-state index is 2.87. The first-order valence-electron chi connectivity index (χ1n) is 32.0. The number of aryl methyl sites for hydroxylation is 1. The van der Waals surface area contributed by atoms with Crippen LogP contribution in [0.5, 0.6) is 0 Å². The first kappa shape index (κ1) is 55.1. The molecule has 8 aromatic carbocycles. The third-order valence-electron chi connectivity index (χ3n) is 22.5. The molecule has 0 spiro atoms. The Bertz CT molecular complexity index is 4030. The summed E-state index contributed by atoms with van der Waals surface area (Å²) in [7, 11) is 0. The Labute approximate surface area is 505 Å². The summed E-state index contributed by atoms with van der Waals surface area (Å²) < 4.78 is 0. The van der Waals surface area contributed by atoms with Gasteiger partial charge in [-0.05, 0) is 211 Å². The molecule has 0 radical (unpaired) electrons. The fourth-order valence-corrected chi connectivity index (χ4v) is 17.5. The van der Waals surface area contributed by atoms with Gasteiger partial charge in [-0.3, -0.25) is 0 Å². The van der Waals surface area contributed by atoms with E-state index in [-0.39, 0.29) is 50.2 Å². The van der Waals surface area contributed by atoms with E-state index in [0.29, 0.717) is 0 Å². The first-order valence-corrected chi connectivity index (χ1v) is 32.0. The maximum Gasteiger partial charge on any atom is 0.252 e. The highest BCUT2D eigenvalue weighted by Gasteiger charge is 2.59. The van der Waals surface area contributed by atoms with Crippen molar-refractivity contribution in [3.05, 3.63) is 196 Å². The summed E-state index contributed by atoms with van der Waals surface area (Å²) in [5.74, 6) is 0. The SMILES string of the molecule is Cc1cc2c(cc1N1c3cc(C(C)(C)C)ccc3B3c4cc5c(cc4N(c4ccc(C(C)(C)C)cc4-c4ccccc4)c4cc(N6c7ccc(-c8ccccc8)cc7C7(C)CCCCC67C)cc1c43)C(C)(C)CCC5(C)C)C(C)(C)CC2(C)C. The van der Waals surface area contributed by atoms with Crippen LogP contribution in [0.25, 0.3) is 22.3 Å². The summed E-state index contributed by atoms with van der Waals surface area (Å²) in [4.78, 5) is 8.44. The molecule has 3 aliphatic carbocycles. The molecule has 3 heterocycles. The number of nitrogens with zero attached hydrogens (tertiary/aromatic N) is 3. The molecule has 4 heteroatoms. The molecule has 0 bridgehead atoms. The van der Waals surface area contributed by atoms with Gasteiger partial charge in [-0.1, -0.05) is 214 Å². The van der Waals surface area contributed by atoms with Gasteiger partial charge in [0.05, 0.1) is 11.2 Å². The van der Waals surface area contributed by atoms with E-state index in [1.807, 2.05) is 0 Å². The highest BCUT2D eigenvalue weighted by Crippen LogP contribution is 2.63. The van der Waals surface area contributed by atoms with E-state index in [0.717, 1.165) is 32.1 Å². The van der Waals surface area contributed by atoms with Crippen molar-refractivity contribution < 1.29 is 0 Å². The van der Waals surface area contributed by atoms with Crippen LogP contribution in [0.3, 0.4) is 0 Å². The van der Waals surface area contributed by atoms with Crippen LogP contribution in [-0.2, 0) is 37.9 Å². The highest BCUT2D eigenvalue weighted by atomic mass is 15.3. The lowest BCUT2D eigenvalue weighted by Gasteiger charge is -2.51. The third kappa shape index (κ3) is 8.03. The van der Waals surface area contributed by atoms with Crippen LogP contribution >= 0.6 is 0 Å². The van der Waals surface area contributed by atoms with Crippen molar-refractivity contribution >= 4 is 68.6 Å². The van der Waals surface area contributed by atoms with Crippen LogP contribution in [0.4, 0.5) is 45.5 Å². The second-order valence-corrected chi connectivity index (χ2v) is 32.0. The molecular formula is C80H90BN3. The predicted octanol–water partition coefficient (Wildman–Crippen LogP) is 20.1. The Hall–Kier alpha value is -6.78. The van der Waals surface area contributed by atoms with Gasteiger partial charge < -0.3 is 14.7 Å². The van der Waals surface area contributed by atoms with Crippen LogP contribution in [0.2, 0.25) is 0 Å². The lowest BCUT2D eigenvalue weighted by Crippen LogP contribution is -2.62. The number of hydrogen-bond acceptors (Lipinski definition) is 3. The molecule has 0 amide bonds. The van der Waals surface area contributed by atoms with Crippen molar-refractivity contribution in [2.24, 2.45) is 0 Å². The molecule has 3 aliphatic heterocycles. The maximum absolute atomic E-state index is 2.87. The van der Waals surface area contributed by atoms with Gasteiger partial charge >= 0.3 is 0 Å². The molecule has 0 N–H and O–H groups in total. The van der Waals surface area contributed by atoms with E-state index >= 15 is 0 Å². The fourth-order valence-electron chi connectivity index (χ4n) is 17.5. The molecule has 14 rings (SSSR count). The number of hydrogen-bond donors (Lipinski definition) is 0. The van der Waals surface area contributed by atoms with Crippen molar-refractivity contribution in [2.45, 2.75) is 206 Å². The molecule has 8 aromatic rings. The summed E-state index contributed by atoms with van der Waals surface area (Å²) in [6.07, 6.45) is 8.12. The molecule has 6 aliphatic rings. The normalized spacial score (nSPS) is 21.9. The lowest BCUT2D eigenvalue weighted by atomic mass is 9.33. The topological polar surface area (TPSA) is 9.72 Å². The standard InChI is InChI=1S/C80H90BN3/c1-50-40-58-61(78(14,15)49-77(58,12)13)47-67(50)83-68-43-55(74(5,6)7)31-33-63(68)81-64-46-59-60(76(10,11)39-38-75(59,8)9)48-69(64)82(65-35-32-54(73(2,3)4)42-57(65)52-28-22-19-23-29-52)70-44-56(45-71(83)72(70)81)84-66-34-30-53(51-26-20-18-21-27-51)41-62(66)79(16)36-24-25-37-80(79,84)17/h18-23,26-35,40-48H,24-25,36-39,49H2,1-17H3. The van der Waals surface area contributed by atoms with E-state index in [4.69, 9.17) is 0 Å². The van der Waals surface area contributed by atoms with Gasteiger partial charge in [0.15, 0.2) is 0 Å². The second kappa shape index (κ2) is 18.1. The van der Waals surface area contributed by atoms with Gasteiger partial charge in [0, 0.05) is 50.8 Å². The van der Waals surface area contributed by atoms with E-state index in [1.165, 1.54) is 141 Å². The van der Waals surface area contributed by atoms with E-state index in [1.54, 1.807) is 0 Å². The van der Waals surface area contributed by atoms with Gasteiger partial charge in [-0.25, -0.2) is 0 Å². The zero-order valence-electron chi connectivity index (χ0n) is 53.8. The van der Waals surface area contributed by atoms with E-state index in [2.05, 4.69) is 284 Å².